The van der Waals surface area contributed by atoms with Crippen LogP contribution in [0.2, 0.25) is 0 Å². The maximum atomic E-state index is 12.2. The zero-order valence-corrected chi connectivity index (χ0v) is 12.6. The van der Waals surface area contributed by atoms with Crippen molar-refractivity contribution in [2.24, 2.45) is 0 Å². The predicted octanol–water partition coefficient (Wildman–Crippen LogP) is 0.0808. The molecule has 114 valence electrons. The lowest BCUT2D eigenvalue weighted by molar-refractivity contribution is -0.148. The first-order valence-corrected chi connectivity index (χ1v) is 9.07. The van der Waals surface area contributed by atoms with Gasteiger partial charge in [-0.1, -0.05) is 6.92 Å². The fraction of sp³-hybridized carbons (Fsp3) is 0.846. The highest BCUT2D eigenvalue weighted by molar-refractivity contribution is 7.91. The van der Waals surface area contributed by atoms with Crippen LogP contribution in [-0.2, 0) is 19.4 Å². The second kappa shape index (κ2) is 6.11. The summed E-state index contributed by atoms with van der Waals surface area (Å²) in [6.07, 6.45) is 4.20. The van der Waals surface area contributed by atoms with Gasteiger partial charge >= 0.3 is 11.8 Å². The molecule has 1 N–H and O–H groups in total. The zero-order chi connectivity index (χ0) is 14.8. The zero-order valence-electron chi connectivity index (χ0n) is 11.8. The smallest absolute Gasteiger partial charge is 0.312 e. The Morgan fingerprint density at radius 2 is 2.00 bits per heavy atom. The van der Waals surface area contributed by atoms with Crippen molar-refractivity contribution in [3.8, 4) is 0 Å². The predicted molar refractivity (Wildman–Crippen MR) is 74.8 cm³/mol. The summed E-state index contributed by atoms with van der Waals surface area (Å²) >= 11 is 0. The first kappa shape index (κ1) is 15.3. The molecule has 0 saturated carbocycles. The summed E-state index contributed by atoms with van der Waals surface area (Å²) in [5, 5.41) is 2.57. The minimum absolute atomic E-state index is 0.0524. The summed E-state index contributed by atoms with van der Waals surface area (Å²) in [4.78, 5) is 25.8. The van der Waals surface area contributed by atoms with E-state index in [1.807, 2.05) is 6.92 Å². The van der Waals surface area contributed by atoms with Gasteiger partial charge in [0.1, 0.15) is 0 Å². The molecule has 0 aromatic heterocycles. The van der Waals surface area contributed by atoms with Gasteiger partial charge in [0.05, 0.1) is 11.5 Å². The standard InChI is InChI=1S/C13H22N2O4S/c1-2-11-5-3-4-7-15(11)13(17)12(16)14-10-6-8-20(18,19)9-10/h10-11H,2-9H2,1H3,(H,14,16). The number of sulfone groups is 1. The number of carbonyl (C=O) groups is 2. The van der Waals surface area contributed by atoms with Gasteiger partial charge in [0, 0.05) is 18.6 Å². The molecule has 0 radical (unpaired) electrons. The Hall–Kier alpha value is -1.11. The molecule has 2 amide bonds. The lowest BCUT2D eigenvalue weighted by atomic mass is 10.00. The van der Waals surface area contributed by atoms with E-state index in [0.29, 0.717) is 13.0 Å². The van der Waals surface area contributed by atoms with Crippen LogP contribution in [0.25, 0.3) is 0 Å². The van der Waals surface area contributed by atoms with E-state index in [4.69, 9.17) is 0 Å². The Morgan fingerprint density at radius 3 is 2.60 bits per heavy atom. The molecule has 0 aliphatic carbocycles. The second-order valence-electron chi connectivity index (χ2n) is 5.63. The summed E-state index contributed by atoms with van der Waals surface area (Å²) in [5.74, 6) is -1.13. The van der Waals surface area contributed by atoms with E-state index < -0.39 is 27.7 Å². The number of nitrogens with zero attached hydrogens (tertiary/aromatic N) is 1. The van der Waals surface area contributed by atoms with Crippen LogP contribution in [0.5, 0.6) is 0 Å². The molecule has 2 aliphatic heterocycles. The van der Waals surface area contributed by atoms with E-state index in [1.165, 1.54) is 0 Å². The van der Waals surface area contributed by atoms with E-state index in [9.17, 15) is 18.0 Å². The van der Waals surface area contributed by atoms with Gasteiger partial charge in [-0.2, -0.15) is 0 Å². The van der Waals surface area contributed by atoms with Crippen LogP contribution in [0.3, 0.4) is 0 Å². The summed E-state index contributed by atoms with van der Waals surface area (Å²) in [7, 11) is -3.05. The van der Waals surface area contributed by atoms with Gasteiger partial charge in [-0.25, -0.2) is 8.42 Å². The Labute approximate surface area is 119 Å². The highest BCUT2D eigenvalue weighted by Gasteiger charge is 2.34. The first-order valence-electron chi connectivity index (χ1n) is 7.25. The average molecular weight is 302 g/mol. The van der Waals surface area contributed by atoms with Crippen LogP contribution in [-0.4, -0.2) is 55.3 Å². The molecule has 2 rings (SSSR count). The number of amides is 2. The Bertz CT molecular complexity index is 489. The minimum Gasteiger partial charge on any atom is -0.344 e. The number of carbonyl (C=O) groups excluding carboxylic acids is 2. The monoisotopic (exact) mass is 302 g/mol. The number of nitrogens with one attached hydrogen (secondary N) is 1. The van der Waals surface area contributed by atoms with Crippen molar-refractivity contribution in [1.82, 2.24) is 10.2 Å². The molecule has 20 heavy (non-hydrogen) atoms. The van der Waals surface area contributed by atoms with Crippen LogP contribution in [0.1, 0.15) is 39.0 Å². The van der Waals surface area contributed by atoms with Crippen LogP contribution >= 0.6 is 0 Å². The fourth-order valence-corrected chi connectivity index (χ4v) is 4.65. The van der Waals surface area contributed by atoms with Crippen molar-refractivity contribution in [2.45, 2.75) is 51.1 Å². The lowest BCUT2D eigenvalue weighted by Gasteiger charge is -2.34. The quantitative estimate of drug-likeness (QED) is 0.732. The van der Waals surface area contributed by atoms with E-state index in [2.05, 4.69) is 5.32 Å². The van der Waals surface area contributed by atoms with Crippen LogP contribution in [0.4, 0.5) is 0 Å². The Morgan fingerprint density at radius 1 is 1.25 bits per heavy atom. The van der Waals surface area contributed by atoms with Crippen LogP contribution in [0, 0.1) is 0 Å². The molecule has 0 bridgehead atoms. The third-order valence-electron chi connectivity index (χ3n) is 4.12. The van der Waals surface area contributed by atoms with Gasteiger partial charge < -0.3 is 10.2 Å². The summed E-state index contributed by atoms with van der Waals surface area (Å²) < 4.78 is 22.7. The first-order chi connectivity index (χ1) is 9.43. The van der Waals surface area contributed by atoms with E-state index in [0.717, 1.165) is 25.7 Å². The summed E-state index contributed by atoms with van der Waals surface area (Å²) in [6, 6.07) is -0.282. The third kappa shape index (κ3) is 3.50. The third-order valence-corrected chi connectivity index (χ3v) is 5.89. The molecule has 2 heterocycles. The number of hydrogen-bond donors (Lipinski definition) is 1. The second-order valence-corrected chi connectivity index (χ2v) is 7.86. The van der Waals surface area contributed by atoms with Gasteiger partial charge in [0.2, 0.25) is 0 Å². The molecule has 0 aromatic rings. The molecule has 2 saturated heterocycles. The summed E-state index contributed by atoms with van der Waals surface area (Å²) in [6.45, 7) is 2.63. The van der Waals surface area contributed by atoms with Gasteiger partial charge in [-0.3, -0.25) is 9.59 Å². The minimum atomic E-state index is -3.05. The molecule has 2 atom stereocenters. The Balaban J connectivity index is 1.93. The van der Waals surface area contributed by atoms with Gasteiger partial charge in [-0.05, 0) is 32.1 Å². The molecular weight excluding hydrogens is 280 g/mol. The Kier molecular flexibility index (Phi) is 4.67. The van der Waals surface area contributed by atoms with E-state index >= 15 is 0 Å². The molecular formula is C13H22N2O4S. The van der Waals surface area contributed by atoms with Gasteiger partial charge in [0.15, 0.2) is 9.84 Å². The molecule has 0 aromatic carbocycles. The van der Waals surface area contributed by atoms with Gasteiger partial charge in [0.25, 0.3) is 0 Å². The maximum absolute atomic E-state index is 12.2. The van der Waals surface area contributed by atoms with Gasteiger partial charge in [-0.15, -0.1) is 0 Å². The van der Waals surface area contributed by atoms with Crippen molar-refractivity contribution < 1.29 is 18.0 Å². The number of piperidine rings is 1. The molecule has 2 unspecified atom stereocenters. The fourth-order valence-electron chi connectivity index (χ4n) is 2.98. The van der Waals surface area contributed by atoms with Crippen LogP contribution in [0.15, 0.2) is 0 Å². The molecule has 6 nitrogen and oxygen atoms in total. The van der Waals surface area contributed by atoms with E-state index in [1.54, 1.807) is 4.90 Å². The number of rotatable bonds is 2. The highest BCUT2D eigenvalue weighted by atomic mass is 32.2. The van der Waals surface area contributed by atoms with Crippen molar-refractivity contribution >= 4 is 21.7 Å². The molecule has 7 heteroatoms. The van der Waals surface area contributed by atoms with Crippen molar-refractivity contribution in [3.05, 3.63) is 0 Å². The molecule has 2 aliphatic rings. The normalized spacial score (nSPS) is 29.1. The topological polar surface area (TPSA) is 83.6 Å². The molecule has 2 fully saturated rings. The number of hydrogen-bond acceptors (Lipinski definition) is 4. The summed E-state index contributed by atoms with van der Waals surface area (Å²) in [5.41, 5.74) is 0. The SMILES string of the molecule is CCC1CCCCN1C(=O)C(=O)NC1CCS(=O)(=O)C1. The largest absolute Gasteiger partial charge is 0.344 e. The van der Waals surface area contributed by atoms with Crippen molar-refractivity contribution in [3.63, 3.8) is 0 Å². The molecule has 0 spiro atoms. The maximum Gasteiger partial charge on any atom is 0.312 e. The van der Waals surface area contributed by atoms with Crippen molar-refractivity contribution in [1.29, 1.82) is 0 Å². The lowest BCUT2D eigenvalue weighted by Crippen LogP contribution is -2.51. The number of likely N-dealkylation sites (tertiary alicyclic amines) is 1. The highest BCUT2D eigenvalue weighted by Crippen LogP contribution is 2.19. The average Bonchev–Trinajstić information content (AvgIpc) is 2.76. The van der Waals surface area contributed by atoms with Crippen molar-refractivity contribution in [2.75, 3.05) is 18.1 Å². The van der Waals surface area contributed by atoms with E-state index in [-0.39, 0.29) is 17.5 Å². The van der Waals surface area contributed by atoms with Crippen LogP contribution < -0.4 is 5.32 Å².